The van der Waals surface area contributed by atoms with Gasteiger partial charge in [-0.15, -0.1) is 8.78 Å². The fraction of sp³-hybridized carbons (Fsp3) is 0.111. The Morgan fingerprint density at radius 3 is 2.55 bits per heavy atom. The molecule has 3 aromatic heterocycles. The van der Waals surface area contributed by atoms with Crippen LogP contribution in [0.15, 0.2) is 39.7 Å². The van der Waals surface area contributed by atoms with E-state index in [0.29, 0.717) is 10.7 Å². The predicted octanol–water partition coefficient (Wildman–Crippen LogP) is 5.08. The Morgan fingerprint density at radius 1 is 1.09 bits per heavy atom. The number of rotatable bonds is 2. The lowest BCUT2D eigenvalue weighted by atomic mass is 10.2. The third kappa shape index (κ3) is 3.53. The summed E-state index contributed by atoms with van der Waals surface area (Å²) >= 11 is 12.1. The van der Waals surface area contributed by atoms with E-state index in [1.807, 2.05) is 0 Å². The van der Waals surface area contributed by atoms with Gasteiger partial charge in [0.25, 0.3) is 0 Å². The van der Waals surface area contributed by atoms with E-state index in [1.54, 1.807) is 0 Å². The van der Waals surface area contributed by atoms with Crippen molar-refractivity contribution in [3.63, 3.8) is 0 Å². The van der Waals surface area contributed by atoms with Crippen LogP contribution in [-0.4, -0.2) is 26.0 Å². The summed E-state index contributed by atoms with van der Waals surface area (Å²) in [5.74, 6) is -2.09. The maximum Gasteiger partial charge on any atom is 0.586 e. The Morgan fingerprint density at radius 2 is 1.85 bits per heavy atom. The first-order chi connectivity index (χ1) is 15.4. The molecule has 15 heteroatoms. The van der Waals surface area contributed by atoms with Gasteiger partial charge in [0.2, 0.25) is 5.89 Å². The highest BCUT2D eigenvalue weighted by Crippen LogP contribution is 2.47. The summed E-state index contributed by atoms with van der Waals surface area (Å²) in [6.07, 6.45) is -7.70. The van der Waals surface area contributed by atoms with E-state index in [4.69, 9.17) is 27.6 Å². The third-order valence-corrected chi connectivity index (χ3v) is 4.97. The maximum atomic E-state index is 13.5. The molecule has 1 aliphatic heterocycles. The van der Waals surface area contributed by atoms with E-state index < -0.39 is 52.3 Å². The monoisotopic (exact) mass is 506 g/mol. The summed E-state index contributed by atoms with van der Waals surface area (Å²) in [7, 11) is 0. The van der Waals surface area contributed by atoms with Crippen LogP contribution < -0.4 is 15.1 Å². The minimum atomic E-state index is -4.88. The van der Waals surface area contributed by atoms with Crippen molar-refractivity contribution in [1.29, 1.82) is 0 Å². The maximum absolute atomic E-state index is 13.5. The molecule has 33 heavy (non-hydrogen) atoms. The molecule has 1 aromatic carbocycles. The molecule has 0 saturated heterocycles. The Bertz CT molecular complexity index is 1500. The van der Waals surface area contributed by atoms with Gasteiger partial charge in [0, 0.05) is 18.3 Å². The first-order valence-electron chi connectivity index (χ1n) is 8.66. The molecule has 5 rings (SSSR count). The van der Waals surface area contributed by atoms with Crippen LogP contribution in [0.2, 0.25) is 10.0 Å². The molecule has 4 aromatic rings. The van der Waals surface area contributed by atoms with Gasteiger partial charge in [-0.3, -0.25) is 0 Å². The van der Waals surface area contributed by atoms with Crippen LogP contribution in [0.25, 0.3) is 28.3 Å². The zero-order valence-corrected chi connectivity index (χ0v) is 17.0. The zero-order chi connectivity index (χ0) is 23.7. The SMILES string of the molecule is O=c1oc(-c2cc(C(F)(F)F)nn2-c2ncccc2Cl)nc2c(Cl)cc3c(c12)OC(F)(F)O3. The molecule has 170 valence electrons. The molecule has 0 radical (unpaired) electrons. The van der Waals surface area contributed by atoms with E-state index in [1.165, 1.54) is 18.3 Å². The average Bonchev–Trinajstić information content (AvgIpc) is 3.28. The average molecular weight is 507 g/mol. The van der Waals surface area contributed by atoms with Crippen molar-refractivity contribution in [2.45, 2.75) is 12.5 Å². The van der Waals surface area contributed by atoms with Crippen molar-refractivity contribution in [1.82, 2.24) is 19.7 Å². The smallest absolute Gasteiger partial charge is 0.401 e. The van der Waals surface area contributed by atoms with Gasteiger partial charge in [0.05, 0.1) is 10.0 Å². The second kappa shape index (κ2) is 7.02. The van der Waals surface area contributed by atoms with E-state index in [2.05, 4.69) is 24.5 Å². The normalized spacial score (nSPS) is 14.8. The third-order valence-electron chi connectivity index (χ3n) is 4.39. The van der Waals surface area contributed by atoms with Crippen LogP contribution in [0, 0.1) is 0 Å². The molecule has 0 bridgehead atoms. The molecule has 4 heterocycles. The van der Waals surface area contributed by atoms with E-state index in [0.717, 1.165) is 6.07 Å². The van der Waals surface area contributed by atoms with Gasteiger partial charge in [-0.1, -0.05) is 23.2 Å². The second-order valence-electron chi connectivity index (χ2n) is 6.52. The second-order valence-corrected chi connectivity index (χ2v) is 7.33. The molecule has 0 atom stereocenters. The number of benzene rings is 1. The van der Waals surface area contributed by atoms with Crippen LogP contribution in [-0.2, 0) is 6.18 Å². The summed E-state index contributed by atoms with van der Waals surface area (Å²) in [6.45, 7) is 0. The van der Waals surface area contributed by atoms with Gasteiger partial charge in [-0.05, 0) is 12.1 Å². The van der Waals surface area contributed by atoms with Gasteiger partial charge in [-0.25, -0.2) is 19.4 Å². The van der Waals surface area contributed by atoms with Gasteiger partial charge in [-0.2, -0.15) is 18.3 Å². The van der Waals surface area contributed by atoms with Crippen molar-refractivity contribution in [3.8, 4) is 28.9 Å². The largest absolute Gasteiger partial charge is 0.586 e. The number of pyridine rings is 1. The van der Waals surface area contributed by atoms with E-state index in [-0.39, 0.29) is 21.4 Å². The molecule has 8 nitrogen and oxygen atoms in total. The highest BCUT2D eigenvalue weighted by Gasteiger charge is 2.46. The van der Waals surface area contributed by atoms with Crippen molar-refractivity contribution in [3.05, 3.63) is 56.6 Å². The fourth-order valence-corrected chi connectivity index (χ4v) is 3.52. The topological polar surface area (TPSA) is 92.3 Å². The molecule has 0 saturated carbocycles. The molecule has 0 amide bonds. The summed E-state index contributed by atoms with van der Waals surface area (Å²) in [4.78, 5) is 20.5. The van der Waals surface area contributed by atoms with Crippen LogP contribution in [0.4, 0.5) is 22.0 Å². The van der Waals surface area contributed by atoms with Crippen LogP contribution >= 0.6 is 23.2 Å². The Kier molecular flexibility index (Phi) is 4.55. The molecule has 0 spiro atoms. The van der Waals surface area contributed by atoms with Crippen LogP contribution in [0.1, 0.15) is 5.69 Å². The number of halogens is 7. The molecular formula is C18H5Cl2F5N4O4. The standard InChI is InChI=1S/C18H5Cl2F5N4O4/c19-6-2-1-3-26-14(6)29-8(5-10(28-29)17(21,22)23)15-27-12-7(20)4-9-13(11(12)16(30)31-15)33-18(24,25)32-9/h1-5H. The quantitative estimate of drug-likeness (QED) is 0.350. The van der Waals surface area contributed by atoms with Crippen molar-refractivity contribution in [2.24, 2.45) is 0 Å². The highest BCUT2D eigenvalue weighted by molar-refractivity contribution is 6.35. The van der Waals surface area contributed by atoms with Crippen LogP contribution in [0.3, 0.4) is 0 Å². The number of hydrogen-bond acceptors (Lipinski definition) is 7. The molecule has 0 unspecified atom stereocenters. The van der Waals surface area contributed by atoms with E-state index in [9.17, 15) is 26.7 Å². The van der Waals surface area contributed by atoms with E-state index >= 15 is 0 Å². The summed E-state index contributed by atoms with van der Waals surface area (Å²) in [6, 6.07) is 4.26. The lowest BCUT2D eigenvalue weighted by molar-refractivity contribution is -0.286. The minimum Gasteiger partial charge on any atom is -0.401 e. The number of fused-ring (bicyclic) bond motifs is 3. The van der Waals surface area contributed by atoms with Crippen molar-refractivity contribution in [2.75, 3.05) is 0 Å². The van der Waals surface area contributed by atoms with Crippen molar-refractivity contribution < 1.29 is 35.8 Å². The number of alkyl halides is 5. The van der Waals surface area contributed by atoms with Gasteiger partial charge < -0.3 is 13.9 Å². The Labute approximate surface area is 188 Å². The summed E-state index contributed by atoms with van der Waals surface area (Å²) < 4.78 is 81.4. The first kappa shape index (κ1) is 21.4. The Balaban J connectivity index is 1.78. The van der Waals surface area contributed by atoms with Crippen molar-refractivity contribution >= 4 is 34.1 Å². The molecule has 1 aliphatic rings. The minimum absolute atomic E-state index is 0.0673. The van der Waals surface area contributed by atoms with Crippen LogP contribution in [0.5, 0.6) is 11.5 Å². The molecule has 0 aliphatic carbocycles. The fourth-order valence-electron chi connectivity index (χ4n) is 3.08. The Hall–Kier alpha value is -3.45. The predicted molar refractivity (Wildman–Crippen MR) is 102 cm³/mol. The molecule has 0 fully saturated rings. The first-order valence-corrected chi connectivity index (χ1v) is 9.42. The van der Waals surface area contributed by atoms with Gasteiger partial charge in [0.15, 0.2) is 23.0 Å². The lowest BCUT2D eigenvalue weighted by Crippen LogP contribution is -2.26. The number of nitrogens with zero attached hydrogens (tertiary/aromatic N) is 4. The highest BCUT2D eigenvalue weighted by atomic mass is 35.5. The number of aromatic nitrogens is 4. The zero-order valence-electron chi connectivity index (χ0n) is 15.5. The van der Waals surface area contributed by atoms with Gasteiger partial charge in [0.1, 0.15) is 16.6 Å². The lowest BCUT2D eigenvalue weighted by Gasteiger charge is -2.08. The summed E-state index contributed by atoms with van der Waals surface area (Å²) in [5.41, 5.74) is -3.47. The molecular weight excluding hydrogens is 502 g/mol. The van der Waals surface area contributed by atoms with Gasteiger partial charge >= 0.3 is 18.1 Å². The number of hydrogen-bond donors (Lipinski definition) is 0. The number of ether oxygens (including phenoxy) is 2. The molecule has 0 N–H and O–H groups in total. The summed E-state index contributed by atoms with van der Waals surface area (Å²) in [5, 5.41) is 2.49.